The molecule has 0 saturated heterocycles. The van der Waals surface area contributed by atoms with Gasteiger partial charge in [0.05, 0.1) is 23.3 Å². The van der Waals surface area contributed by atoms with Gasteiger partial charge >= 0.3 is 0 Å². The minimum atomic E-state index is 0.737. The second-order valence-corrected chi connectivity index (χ2v) is 6.18. The number of pyridine rings is 1. The normalized spacial score (nSPS) is 11.5. The van der Waals surface area contributed by atoms with Crippen LogP contribution >= 0.6 is 0 Å². The third kappa shape index (κ3) is 4.40. The molecule has 5 nitrogen and oxygen atoms in total. The number of para-hydroxylation sites is 2. The van der Waals surface area contributed by atoms with Gasteiger partial charge in [-0.15, -0.1) is 0 Å². The van der Waals surface area contributed by atoms with Gasteiger partial charge in [0.1, 0.15) is 5.82 Å². The molecule has 0 aliphatic rings. The third-order valence-electron chi connectivity index (χ3n) is 4.07. The smallest absolute Gasteiger partial charge is 0.121 e. The molecule has 0 amide bonds. The van der Waals surface area contributed by atoms with Gasteiger partial charge in [-0.05, 0) is 57.1 Å². The van der Waals surface area contributed by atoms with Crippen molar-refractivity contribution in [1.29, 1.82) is 0 Å². The Balaban J connectivity index is 1.73. The Hall–Kier alpha value is -2.24. The zero-order valence-corrected chi connectivity index (χ0v) is 14.2. The maximum Gasteiger partial charge on any atom is 0.121 e. The molecule has 5 heteroatoms. The summed E-state index contributed by atoms with van der Waals surface area (Å²) in [7, 11) is 0. The van der Waals surface area contributed by atoms with E-state index in [0.29, 0.717) is 0 Å². The fourth-order valence-corrected chi connectivity index (χ4v) is 2.90. The van der Waals surface area contributed by atoms with Crippen LogP contribution in [0.15, 0.2) is 42.5 Å². The Labute approximate surface area is 142 Å². The maximum atomic E-state index is 5.64. The summed E-state index contributed by atoms with van der Waals surface area (Å²) in [6.07, 6.45) is 2.13. The molecule has 24 heavy (non-hydrogen) atoms. The minimum Gasteiger partial charge on any atom is -0.341 e. The number of fused-ring (bicyclic) bond motifs is 1. The number of nitrogens with one attached hydrogen (secondary N) is 1. The highest BCUT2D eigenvalue weighted by Gasteiger charge is 2.11. The van der Waals surface area contributed by atoms with Crippen molar-refractivity contribution in [2.45, 2.75) is 32.9 Å². The molecule has 0 bridgehead atoms. The number of rotatable bonds is 8. The number of hydrogen-bond donors (Lipinski definition) is 2. The standard InChI is InChI=1S/C19H25N5/c1-15-7-6-8-16(21-15)13-24(12-5-4-11-20)14-19-22-17-9-2-3-10-18(17)23-19/h2-3,6-10H,4-5,11-14,20H2,1H3,(H,22,23). The molecule has 0 saturated carbocycles. The Morgan fingerprint density at radius 3 is 2.67 bits per heavy atom. The molecule has 0 spiro atoms. The van der Waals surface area contributed by atoms with Crippen molar-refractivity contribution in [2.24, 2.45) is 5.73 Å². The van der Waals surface area contributed by atoms with Crippen LogP contribution in [-0.2, 0) is 13.1 Å². The summed E-state index contributed by atoms with van der Waals surface area (Å²) in [5, 5.41) is 0. The lowest BCUT2D eigenvalue weighted by molar-refractivity contribution is 0.243. The van der Waals surface area contributed by atoms with Gasteiger partial charge in [-0.3, -0.25) is 9.88 Å². The molecule has 0 unspecified atom stereocenters. The van der Waals surface area contributed by atoms with Gasteiger partial charge in [0.25, 0.3) is 0 Å². The van der Waals surface area contributed by atoms with Crippen LogP contribution in [0.5, 0.6) is 0 Å². The summed E-state index contributed by atoms with van der Waals surface area (Å²) in [6, 6.07) is 14.3. The van der Waals surface area contributed by atoms with E-state index in [-0.39, 0.29) is 0 Å². The predicted octanol–water partition coefficient (Wildman–Crippen LogP) is 3.01. The third-order valence-corrected chi connectivity index (χ3v) is 4.07. The van der Waals surface area contributed by atoms with Crippen LogP contribution in [0.25, 0.3) is 11.0 Å². The van der Waals surface area contributed by atoms with Crippen LogP contribution in [-0.4, -0.2) is 32.9 Å². The summed E-state index contributed by atoms with van der Waals surface area (Å²) >= 11 is 0. The molecule has 3 aromatic rings. The number of nitrogens with two attached hydrogens (primary N) is 1. The molecule has 0 radical (unpaired) electrons. The number of aromatic amines is 1. The zero-order chi connectivity index (χ0) is 16.8. The second-order valence-electron chi connectivity index (χ2n) is 6.18. The van der Waals surface area contributed by atoms with Crippen molar-refractivity contribution in [3.63, 3.8) is 0 Å². The van der Waals surface area contributed by atoms with E-state index >= 15 is 0 Å². The van der Waals surface area contributed by atoms with Crippen molar-refractivity contribution in [2.75, 3.05) is 13.1 Å². The highest BCUT2D eigenvalue weighted by molar-refractivity contribution is 5.74. The van der Waals surface area contributed by atoms with Crippen molar-refractivity contribution in [1.82, 2.24) is 19.9 Å². The predicted molar refractivity (Wildman–Crippen MR) is 97.5 cm³/mol. The quantitative estimate of drug-likeness (QED) is 0.625. The lowest BCUT2D eigenvalue weighted by Gasteiger charge is -2.21. The molecular formula is C19H25N5. The molecule has 3 rings (SSSR count). The fraction of sp³-hybridized carbons (Fsp3) is 0.368. The second kappa shape index (κ2) is 8.04. The van der Waals surface area contributed by atoms with Crippen molar-refractivity contribution in [3.05, 3.63) is 59.7 Å². The minimum absolute atomic E-state index is 0.737. The fourth-order valence-electron chi connectivity index (χ4n) is 2.90. The van der Waals surface area contributed by atoms with Crippen LogP contribution in [0.3, 0.4) is 0 Å². The van der Waals surface area contributed by atoms with Crippen LogP contribution in [0.4, 0.5) is 0 Å². The van der Waals surface area contributed by atoms with Gasteiger partial charge in [-0.2, -0.15) is 0 Å². The first-order valence-corrected chi connectivity index (χ1v) is 8.53. The summed E-state index contributed by atoms with van der Waals surface area (Å²) in [4.78, 5) is 15.1. The van der Waals surface area contributed by atoms with Crippen LogP contribution in [0.2, 0.25) is 0 Å². The van der Waals surface area contributed by atoms with E-state index in [9.17, 15) is 0 Å². The molecule has 2 heterocycles. The van der Waals surface area contributed by atoms with Crippen molar-refractivity contribution < 1.29 is 0 Å². The molecule has 126 valence electrons. The largest absolute Gasteiger partial charge is 0.341 e. The van der Waals surface area contributed by atoms with Gasteiger partial charge in [0.15, 0.2) is 0 Å². The molecule has 0 aliphatic heterocycles. The van der Waals surface area contributed by atoms with Gasteiger partial charge < -0.3 is 10.7 Å². The summed E-state index contributed by atoms with van der Waals surface area (Å²) < 4.78 is 0. The molecule has 0 atom stereocenters. The van der Waals surface area contributed by atoms with Crippen LogP contribution in [0, 0.1) is 6.92 Å². The number of aromatic nitrogens is 3. The average Bonchev–Trinajstić information content (AvgIpc) is 2.97. The molecule has 1 aromatic carbocycles. The monoisotopic (exact) mass is 323 g/mol. The van der Waals surface area contributed by atoms with E-state index < -0.39 is 0 Å². The van der Waals surface area contributed by atoms with E-state index in [0.717, 1.165) is 67.3 Å². The number of nitrogens with zero attached hydrogens (tertiary/aromatic N) is 3. The number of imidazole rings is 1. The van der Waals surface area contributed by atoms with E-state index in [1.807, 2.05) is 31.2 Å². The first-order chi connectivity index (χ1) is 11.7. The number of hydrogen-bond acceptors (Lipinski definition) is 4. The number of H-pyrrole nitrogens is 1. The molecule has 3 N–H and O–H groups in total. The summed E-state index contributed by atoms with van der Waals surface area (Å²) in [6.45, 7) is 5.37. The Bertz CT molecular complexity index is 747. The van der Waals surface area contributed by atoms with Crippen LogP contribution in [0.1, 0.15) is 30.1 Å². The highest BCUT2D eigenvalue weighted by Crippen LogP contribution is 2.13. The van der Waals surface area contributed by atoms with E-state index in [1.54, 1.807) is 0 Å². The van der Waals surface area contributed by atoms with E-state index in [1.165, 1.54) is 0 Å². The number of aryl methyl sites for hydroxylation is 1. The van der Waals surface area contributed by atoms with Gasteiger partial charge in [0.2, 0.25) is 0 Å². The first-order valence-electron chi connectivity index (χ1n) is 8.53. The van der Waals surface area contributed by atoms with E-state index in [2.05, 4.69) is 33.1 Å². The first kappa shape index (κ1) is 16.6. The van der Waals surface area contributed by atoms with Gasteiger partial charge in [-0.1, -0.05) is 18.2 Å². The average molecular weight is 323 g/mol. The van der Waals surface area contributed by atoms with Gasteiger partial charge in [0, 0.05) is 12.2 Å². The number of unbranched alkanes of at least 4 members (excludes halogenated alkanes) is 1. The summed E-state index contributed by atoms with van der Waals surface area (Å²) in [5.74, 6) is 0.997. The number of benzene rings is 1. The van der Waals surface area contributed by atoms with E-state index in [4.69, 9.17) is 10.7 Å². The SMILES string of the molecule is Cc1cccc(CN(CCCCN)Cc2nc3ccccc3[nH]2)n1. The van der Waals surface area contributed by atoms with Crippen LogP contribution < -0.4 is 5.73 Å². The Morgan fingerprint density at radius 1 is 1.00 bits per heavy atom. The Kier molecular flexibility index (Phi) is 5.56. The Morgan fingerprint density at radius 2 is 1.88 bits per heavy atom. The highest BCUT2D eigenvalue weighted by atomic mass is 15.2. The maximum absolute atomic E-state index is 5.64. The molecular weight excluding hydrogens is 298 g/mol. The summed E-state index contributed by atoms with van der Waals surface area (Å²) in [5.41, 5.74) is 9.89. The topological polar surface area (TPSA) is 70.8 Å². The molecule has 2 aromatic heterocycles. The lowest BCUT2D eigenvalue weighted by atomic mass is 10.2. The zero-order valence-electron chi connectivity index (χ0n) is 14.2. The van der Waals surface area contributed by atoms with Gasteiger partial charge in [-0.25, -0.2) is 4.98 Å². The van der Waals surface area contributed by atoms with Crippen molar-refractivity contribution >= 4 is 11.0 Å². The molecule has 0 fully saturated rings. The lowest BCUT2D eigenvalue weighted by Crippen LogP contribution is -2.25. The molecule has 0 aliphatic carbocycles. The van der Waals surface area contributed by atoms with Crippen molar-refractivity contribution in [3.8, 4) is 0 Å².